The van der Waals surface area contributed by atoms with E-state index in [1.54, 1.807) is 36.4 Å². The smallest absolute Gasteiger partial charge is 0.228 e. The molecule has 0 atom stereocenters. The van der Waals surface area contributed by atoms with E-state index in [-0.39, 0.29) is 24.6 Å². The van der Waals surface area contributed by atoms with Crippen molar-refractivity contribution in [3.05, 3.63) is 65.2 Å². The summed E-state index contributed by atoms with van der Waals surface area (Å²) in [5.41, 5.74) is 1.89. The first-order chi connectivity index (χ1) is 14.4. The van der Waals surface area contributed by atoms with Gasteiger partial charge in [0.2, 0.25) is 15.9 Å². The molecule has 2 N–H and O–H groups in total. The normalized spacial score (nSPS) is 13.4. The van der Waals surface area contributed by atoms with Crippen LogP contribution in [0.25, 0.3) is 0 Å². The van der Waals surface area contributed by atoms with Gasteiger partial charge in [-0.25, -0.2) is 13.1 Å². The van der Waals surface area contributed by atoms with Gasteiger partial charge in [0.25, 0.3) is 0 Å². The van der Waals surface area contributed by atoms with Gasteiger partial charge in [0.15, 0.2) is 11.5 Å². The molecule has 3 rings (SSSR count). The summed E-state index contributed by atoms with van der Waals surface area (Å²) >= 11 is 6.27. The van der Waals surface area contributed by atoms with Crippen LogP contribution in [-0.4, -0.2) is 34.1 Å². The van der Waals surface area contributed by atoms with Crippen molar-refractivity contribution in [1.29, 1.82) is 0 Å². The maximum atomic E-state index is 12.4. The van der Waals surface area contributed by atoms with Crippen molar-refractivity contribution in [2.24, 2.45) is 0 Å². The van der Waals surface area contributed by atoms with Gasteiger partial charge in [0.1, 0.15) is 0 Å². The maximum Gasteiger partial charge on any atom is 0.228 e. The van der Waals surface area contributed by atoms with E-state index in [0.717, 1.165) is 6.42 Å². The molecule has 0 unspecified atom stereocenters. The van der Waals surface area contributed by atoms with Gasteiger partial charge in [-0.2, -0.15) is 0 Å². The number of sulfonamides is 1. The Labute approximate surface area is 181 Å². The molecule has 0 fully saturated rings. The zero-order valence-electron chi connectivity index (χ0n) is 16.3. The molecule has 0 saturated heterocycles. The highest BCUT2D eigenvalue weighted by molar-refractivity contribution is 7.88. The Morgan fingerprint density at radius 3 is 2.60 bits per heavy atom. The van der Waals surface area contributed by atoms with Crippen LogP contribution in [0.15, 0.2) is 49.1 Å². The molecular formula is C21H23ClN2O5S. The summed E-state index contributed by atoms with van der Waals surface area (Å²) in [4.78, 5) is 12.4. The molecule has 0 bridgehead atoms. The standard InChI is InChI=1S/C21H23ClN2O5S/c1-2-8-23-30(26,27)14-15-4-6-17(7-5-15)24-20(25)13-16-11-18(22)21-19(12-16)28-9-3-10-29-21/h2,4-7,11-12,23H,1,3,8-10,13-14H2,(H,24,25). The second-order valence-electron chi connectivity index (χ2n) is 6.77. The summed E-state index contributed by atoms with van der Waals surface area (Å²) in [6.45, 7) is 4.73. The number of benzene rings is 2. The van der Waals surface area contributed by atoms with Gasteiger partial charge in [-0.05, 0) is 35.4 Å². The third-order valence-corrected chi connectivity index (χ3v) is 5.87. The van der Waals surface area contributed by atoms with E-state index in [1.165, 1.54) is 6.08 Å². The number of carbonyl (C=O) groups is 1. The average molecular weight is 451 g/mol. The predicted octanol–water partition coefficient (Wildman–Crippen LogP) is 3.29. The largest absolute Gasteiger partial charge is 0.489 e. The molecule has 2 aromatic rings. The third-order valence-electron chi connectivity index (χ3n) is 4.27. The van der Waals surface area contributed by atoms with E-state index in [2.05, 4.69) is 16.6 Å². The number of carbonyl (C=O) groups excluding carboxylic acids is 1. The molecule has 0 radical (unpaired) electrons. The van der Waals surface area contributed by atoms with Crippen molar-refractivity contribution in [2.75, 3.05) is 25.1 Å². The second-order valence-corrected chi connectivity index (χ2v) is 8.99. The Bertz CT molecular complexity index is 1020. The molecular weight excluding hydrogens is 428 g/mol. The molecule has 0 aliphatic carbocycles. The number of hydrogen-bond donors (Lipinski definition) is 2. The molecule has 7 nitrogen and oxygen atoms in total. The number of hydrogen-bond acceptors (Lipinski definition) is 5. The molecule has 9 heteroatoms. The molecule has 0 saturated carbocycles. The first-order valence-corrected chi connectivity index (χ1v) is 11.4. The second kappa shape index (κ2) is 9.97. The molecule has 1 heterocycles. The van der Waals surface area contributed by atoms with Crippen molar-refractivity contribution in [3.8, 4) is 11.5 Å². The summed E-state index contributed by atoms with van der Waals surface area (Å²) in [7, 11) is -3.43. The molecule has 30 heavy (non-hydrogen) atoms. The fraction of sp³-hybridized carbons (Fsp3) is 0.286. The van der Waals surface area contributed by atoms with E-state index in [0.29, 0.717) is 46.5 Å². The number of ether oxygens (including phenoxy) is 2. The summed E-state index contributed by atoms with van der Waals surface area (Å²) < 4.78 is 37.5. The van der Waals surface area contributed by atoms with Crippen LogP contribution in [-0.2, 0) is 27.0 Å². The van der Waals surface area contributed by atoms with Gasteiger partial charge in [-0.3, -0.25) is 4.79 Å². The molecule has 160 valence electrons. The lowest BCUT2D eigenvalue weighted by atomic mass is 10.1. The van der Waals surface area contributed by atoms with Gasteiger partial charge in [-0.15, -0.1) is 6.58 Å². The minimum atomic E-state index is -3.43. The van der Waals surface area contributed by atoms with Crippen LogP contribution >= 0.6 is 11.6 Å². The zero-order valence-corrected chi connectivity index (χ0v) is 17.9. The number of amides is 1. The molecule has 0 aromatic heterocycles. The molecule has 0 spiro atoms. The van der Waals surface area contributed by atoms with E-state index < -0.39 is 10.0 Å². The topological polar surface area (TPSA) is 93.7 Å². The Morgan fingerprint density at radius 1 is 1.13 bits per heavy atom. The van der Waals surface area contributed by atoms with E-state index >= 15 is 0 Å². The quantitative estimate of drug-likeness (QED) is 0.602. The van der Waals surface area contributed by atoms with Crippen molar-refractivity contribution in [1.82, 2.24) is 4.72 Å². The molecule has 1 amide bonds. The summed E-state index contributed by atoms with van der Waals surface area (Å²) in [5.74, 6) is 0.670. The van der Waals surface area contributed by atoms with Gasteiger partial charge >= 0.3 is 0 Å². The van der Waals surface area contributed by atoms with E-state index in [4.69, 9.17) is 21.1 Å². The van der Waals surface area contributed by atoms with Gasteiger partial charge in [0, 0.05) is 18.7 Å². The number of rotatable bonds is 8. The molecule has 2 aromatic carbocycles. The minimum absolute atomic E-state index is 0.109. The van der Waals surface area contributed by atoms with Crippen LogP contribution in [0.2, 0.25) is 5.02 Å². The highest BCUT2D eigenvalue weighted by Gasteiger charge is 2.17. The van der Waals surface area contributed by atoms with Crippen molar-refractivity contribution >= 4 is 33.2 Å². The number of halogens is 1. The van der Waals surface area contributed by atoms with Crippen molar-refractivity contribution in [2.45, 2.75) is 18.6 Å². The van der Waals surface area contributed by atoms with Crippen LogP contribution < -0.4 is 19.5 Å². The zero-order chi connectivity index (χ0) is 21.6. The Kier molecular flexibility index (Phi) is 7.36. The minimum Gasteiger partial charge on any atom is -0.489 e. The SMILES string of the molecule is C=CCNS(=O)(=O)Cc1ccc(NC(=O)Cc2cc(Cl)c3c(c2)OCCCO3)cc1. The van der Waals surface area contributed by atoms with Gasteiger partial charge < -0.3 is 14.8 Å². The third kappa shape index (κ3) is 6.22. The Hall–Kier alpha value is -2.55. The monoisotopic (exact) mass is 450 g/mol. The average Bonchev–Trinajstić information content (AvgIpc) is 2.93. The first-order valence-electron chi connectivity index (χ1n) is 9.41. The van der Waals surface area contributed by atoms with Crippen LogP contribution in [0.4, 0.5) is 5.69 Å². The number of fused-ring (bicyclic) bond motifs is 1. The van der Waals surface area contributed by atoms with Crippen LogP contribution in [0.3, 0.4) is 0 Å². The number of anilines is 1. The lowest BCUT2D eigenvalue weighted by Crippen LogP contribution is -2.25. The van der Waals surface area contributed by atoms with Crippen molar-refractivity contribution < 1.29 is 22.7 Å². The Morgan fingerprint density at radius 2 is 1.87 bits per heavy atom. The van der Waals surface area contributed by atoms with Crippen LogP contribution in [0.1, 0.15) is 17.5 Å². The Balaban J connectivity index is 1.61. The fourth-order valence-corrected chi connectivity index (χ4v) is 4.31. The van der Waals surface area contributed by atoms with Crippen LogP contribution in [0, 0.1) is 0 Å². The van der Waals surface area contributed by atoms with E-state index in [1.807, 2.05) is 0 Å². The molecule has 1 aliphatic rings. The van der Waals surface area contributed by atoms with Crippen LogP contribution in [0.5, 0.6) is 11.5 Å². The maximum absolute atomic E-state index is 12.4. The summed E-state index contributed by atoms with van der Waals surface area (Å²) in [6, 6.07) is 10.1. The highest BCUT2D eigenvalue weighted by atomic mass is 35.5. The first kappa shape index (κ1) is 22.1. The molecule has 1 aliphatic heterocycles. The van der Waals surface area contributed by atoms with E-state index in [9.17, 15) is 13.2 Å². The van der Waals surface area contributed by atoms with Gasteiger partial charge in [-0.1, -0.05) is 29.8 Å². The summed E-state index contributed by atoms with van der Waals surface area (Å²) in [5, 5.41) is 3.20. The lowest BCUT2D eigenvalue weighted by molar-refractivity contribution is -0.115. The summed E-state index contributed by atoms with van der Waals surface area (Å²) in [6.07, 6.45) is 2.35. The number of nitrogens with one attached hydrogen (secondary N) is 2. The highest BCUT2D eigenvalue weighted by Crippen LogP contribution is 2.38. The van der Waals surface area contributed by atoms with Gasteiger partial charge in [0.05, 0.1) is 30.4 Å². The van der Waals surface area contributed by atoms with Crippen molar-refractivity contribution in [3.63, 3.8) is 0 Å². The fourth-order valence-electron chi connectivity index (χ4n) is 2.92. The lowest BCUT2D eigenvalue weighted by Gasteiger charge is -2.12. The predicted molar refractivity (Wildman–Crippen MR) is 117 cm³/mol.